The Kier molecular flexibility index (Phi) is 4.91. The van der Waals surface area contributed by atoms with Gasteiger partial charge >= 0.3 is 6.18 Å². The van der Waals surface area contributed by atoms with Crippen molar-refractivity contribution in [2.24, 2.45) is 5.73 Å². The fourth-order valence-electron chi connectivity index (χ4n) is 1.95. The number of methoxy groups -OCH3 is 2. The van der Waals surface area contributed by atoms with Crippen molar-refractivity contribution in [2.75, 3.05) is 20.8 Å². The van der Waals surface area contributed by atoms with E-state index in [4.69, 9.17) is 15.2 Å². The van der Waals surface area contributed by atoms with Crippen molar-refractivity contribution in [2.45, 2.75) is 31.9 Å². The van der Waals surface area contributed by atoms with E-state index in [2.05, 4.69) is 0 Å². The highest BCUT2D eigenvalue weighted by molar-refractivity contribution is 5.50. The van der Waals surface area contributed by atoms with E-state index in [0.717, 1.165) is 19.4 Å². The summed E-state index contributed by atoms with van der Waals surface area (Å²) in [7, 11) is 2.77. The van der Waals surface area contributed by atoms with Gasteiger partial charge in [-0.15, -0.1) is 0 Å². The zero-order chi connectivity index (χ0) is 15.6. The van der Waals surface area contributed by atoms with Crippen LogP contribution in [0.4, 0.5) is 13.2 Å². The number of rotatable bonds is 5. The quantitative estimate of drug-likeness (QED) is 0.907. The standard InChI is InChI=1S/C14H20F3NO2/c1-13(2,14(15,16)17)10-8-11(19-3)9(5-6-18)7-12(10)20-4/h7-8H,5-6,18H2,1-4H3. The summed E-state index contributed by atoms with van der Waals surface area (Å²) in [4.78, 5) is 0. The van der Waals surface area contributed by atoms with Crippen molar-refractivity contribution >= 4 is 0 Å². The first-order valence-electron chi connectivity index (χ1n) is 6.21. The Bertz CT molecular complexity index is 470. The van der Waals surface area contributed by atoms with E-state index >= 15 is 0 Å². The Morgan fingerprint density at radius 2 is 1.60 bits per heavy atom. The lowest BCUT2D eigenvalue weighted by Gasteiger charge is -2.30. The number of hydrogen-bond donors (Lipinski definition) is 1. The SMILES string of the molecule is COc1cc(C(C)(C)C(F)(F)F)c(OC)cc1CCN. The van der Waals surface area contributed by atoms with Crippen molar-refractivity contribution in [3.05, 3.63) is 23.3 Å². The van der Waals surface area contributed by atoms with E-state index in [-0.39, 0.29) is 11.3 Å². The third kappa shape index (κ3) is 3.00. The molecule has 0 radical (unpaired) electrons. The molecule has 0 aliphatic carbocycles. The zero-order valence-corrected chi connectivity index (χ0v) is 12.1. The van der Waals surface area contributed by atoms with Crippen molar-refractivity contribution in [3.8, 4) is 11.5 Å². The molecule has 0 atom stereocenters. The topological polar surface area (TPSA) is 44.5 Å². The highest BCUT2D eigenvalue weighted by Crippen LogP contribution is 2.46. The first kappa shape index (κ1) is 16.6. The van der Waals surface area contributed by atoms with Crippen LogP contribution in [-0.4, -0.2) is 26.9 Å². The predicted octanol–water partition coefficient (Wildman–Crippen LogP) is 3.04. The van der Waals surface area contributed by atoms with E-state index in [9.17, 15) is 13.2 Å². The fourth-order valence-corrected chi connectivity index (χ4v) is 1.95. The lowest BCUT2D eigenvalue weighted by atomic mass is 9.82. The third-order valence-electron chi connectivity index (χ3n) is 3.40. The zero-order valence-electron chi connectivity index (χ0n) is 12.1. The second kappa shape index (κ2) is 5.91. The van der Waals surface area contributed by atoms with Crippen LogP contribution in [0.15, 0.2) is 12.1 Å². The van der Waals surface area contributed by atoms with E-state index in [1.165, 1.54) is 20.3 Å². The van der Waals surface area contributed by atoms with Gasteiger partial charge in [0.25, 0.3) is 0 Å². The maximum Gasteiger partial charge on any atom is 0.398 e. The summed E-state index contributed by atoms with van der Waals surface area (Å²) in [5, 5.41) is 0. The molecule has 0 aliphatic heterocycles. The average molecular weight is 291 g/mol. The Hall–Kier alpha value is -1.43. The number of benzene rings is 1. The third-order valence-corrected chi connectivity index (χ3v) is 3.40. The molecule has 0 aromatic heterocycles. The summed E-state index contributed by atoms with van der Waals surface area (Å²) in [5.41, 5.74) is 4.23. The Morgan fingerprint density at radius 1 is 1.05 bits per heavy atom. The van der Waals surface area contributed by atoms with Gasteiger partial charge in [0.05, 0.1) is 19.6 Å². The Morgan fingerprint density at radius 3 is 2.00 bits per heavy atom. The van der Waals surface area contributed by atoms with Crippen molar-refractivity contribution in [1.82, 2.24) is 0 Å². The number of ether oxygens (including phenoxy) is 2. The van der Waals surface area contributed by atoms with E-state index in [0.29, 0.717) is 18.7 Å². The van der Waals surface area contributed by atoms with Gasteiger partial charge in [0.15, 0.2) is 0 Å². The molecule has 0 unspecified atom stereocenters. The molecule has 0 heterocycles. The molecule has 0 bridgehead atoms. The van der Waals surface area contributed by atoms with Gasteiger partial charge in [0.1, 0.15) is 11.5 Å². The van der Waals surface area contributed by atoms with Gasteiger partial charge in [-0.05, 0) is 44.5 Å². The van der Waals surface area contributed by atoms with Crippen LogP contribution >= 0.6 is 0 Å². The second-order valence-corrected chi connectivity index (χ2v) is 5.03. The van der Waals surface area contributed by atoms with Crippen molar-refractivity contribution in [3.63, 3.8) is 0 Å². The largest absolute Gasteiger partial charge is 0.496 e. The normalized spacial score (nSPS) is 12.4. The minimum atomic E-state index is -4.39. The van der Waals surface area contributed by atoms with Gasteiger partial charge in [-0.1, -0.05) is 0 Å². The molecule has 0 aliphatic rings. The summed E-state index contributed by atoms with van der Waals surface area (Å²) in [6, 6.07) is 2.95. The molecule has 0 spiro atoms. The Balaban J connectivity index is 3.47. The van der Waals surface area contributed by atoms with Gasteiger partial charge in [0.2, 0.25) is 0 Å². The summed E-state index contributed by atoms with van der Waals surface area (Å²) in [6.07, 6.45) is -3.88. The first-order chi connectivity index (χ1) is 9.18. The van der Waals surface area contributed by atoms with Crippen LogP contribution in [0.3, 0.4) is 0 Å². The number of nitrogens with two attached hydrogens (primary N) is 1. The highest BCUT2D eigenvalue weighted by atomic mass is 19.4. The monoisotopic (exact) mass is 291 g/mol. The lowest BCUT2D eigenvalue weighted by molar-refractivity contribution is -0.180. The second-order valence-electron chi connectivity index (χ2n) is 5.03. The number of hydrogen-bond acceptors (Lipinski definition) is 3. The van der Waals surface area contributed by atoms with Gasteiger partial charge < -0.3 is 15.2 Å². The maximum absolute atomic E-state index is 13.2. The molecule has 0 saturated carbocycles. The summed E-state index contributed by atoms with van der Waals surface area (Å²) < 4.78 is 49.9. The van der Waals surface area contributed by atoms with Crippen molar-refractivity contribution < 1.29 is 22.6 Å². The first-order valence-corrected chi connectivity index (χ1v) is 6.21. The molecule has 0 fully saturated rings. The highest BCUT2D eigenvalue weighted by Gasteiger charge is 2.50. The molecule has 2 N–H and O–H groups in total. The summed E-state index contributed by atoms with van der Waals surface area (Å²) >= 11 is 0. The molecule has 114 valence electrons. The van der Waals surface area contributed by atoms with Gasteiger partial charge in [-0.3, -0.25) is 0 Å². The van der Waals surface area contributed by atoms with Crippen LogP contribution in [-0.2, 0) is 11.8 Å². The van der Waals surface area contributed by atoms with E-state index in [1.807, 2.05) is 0 Å². The molecular formula is C14H20F3NO2. The Labute approximate surface area is 116 Å². The van der Waals surface area contributed by atoms with Crippen LogP contribution in [0.5, 0.6) is 11.5 Å². The molecule has 1 rings (SSSR count). The van der Waals surface area contributed by atoms with Crippen molar-refractivity contribution in [1.29, 1.82) is 0 Å². The lowest BCUT2D eigenvalue weighted by Crippen LogP contribution is -2.36. The predicted molar refractivity (Wildman–Crippen MR) is 71.4 cm³/mol. The van der Waals surface area contributed by atoms with Crippen LogP contribution in [0.25, 0.3) is 0 Å². The number of alkyl halides is 3. The summed E-state index contributed by atoms with van der Waals surface area (Å²) in [5.74, 6) is 0.583. The molecular weight excluding hydrogens is 271 g/mol. The van der Waals surface area contributed by atoms with Gasteiger partial charge in [-0.25, -0.2) is 0 Å². The number of halogens is 3. The average Bonchev–Trinajstić information content (AvgIpc) is 2.37. The van der Waals surface area contributed by atoms with E-state index in [1.54, 1.807) is 6.07 Å². The molecule has 0 amide bonds. The van der Waals surface area contributed by atoms with Crippen LogP contribution < -0.4 is 15.2 Å². The molecule has 1 aromatic carbocycles. The van der Waals surface area contributed by atoms with Gasteiger partial charge in [-0.2, -0.15) is 13.2 Å². The van der Waals surface area contributed by atoms with Crippen LogP contribution in [0.1, 0.15) is 25.0 Å². The van der Waals surface area contributed by atoms with Crippen LogP contribution in [0.2, 0.25) is 0 Å². The fraction of sp³-hybridized carbons (Fsp3) is 0.571. The molecule has 3 nitrogen and oxygen atoms in total. The smallest absolute Gasteiger partial charge is 0.398 e. The van der Waals surface area contributed by atoms with E-state index < -0.39 is 11.6 Å². The maximum atomic E-state index is 13.2. The minimum Gasteiger partial charge on any atom is -0.496 e. The molecule has 0 saturated heterocycles. The molecule has 6 heteroatoms. The molecule has 1 aromatic rings. The molecule has 20 heavy (non-hydrogen) atoms. The minimum absolute atomic E-state index is 0.0464. The van der Waals surface area contributed by atoms with Gasteiger partial charge in [0, 0.05) is 5.56 Å². The summed E-state index contributed by atoms with van der Waals surface area (Å²) in [6.45, 7) is 2.61. The van der Waals surface area contributed by atoms with Crippen LogP contribution in [0, 0.1) is 0 Å².